The summed E-state index contributed by atoms with van der Waals surface area (Å²) in [6, 6.07) is 14.0. The lowest BCUT2D eigenvalue weighted by Gasteiger charge is -2.18. The molecule has 0 saturated heterocycles. The van der Waals surface area contributed by atoms with Gasteiger partial charge < -0.3 is 10.1 Å². The number of nitrogens with zero attached hydrogens (tertiary/aromatic N) is 1. The number of hydrogen-bond donors (Lipinski definition) is 2. The molecule has 1 atom stereocenters. The molecule has 0 aliphatic rings. The van der Waals surface area contributed by atoms with Crippen molar-refractivity contribution in [3.05, 3.63) is 78.9 Å². The lowest BCUT2D eigenvalue weighted by molar-refractivity contribution is -0.117. The first-order valence-corrected chi connectivity index (χ1v) is 12.5. The largest absolute Gasteiger partial charge is 0.457 e. The fourth-order valence-corrected chi connectivity index (χ4v) is 4.55. The maximum atomic E-state index is 14.0. The molecule has 32 heavy (non-hydrogen) atoms. The monoisotopic (exact) mass is 475 g/mol. The van der Waals surface area contributed by atoms with Crippen molar-refractivity contribution in [2.45, 2.75) is 17.4 Å². The number of carbonyl (C=O) groups excluding carboxylic acids is 1. The summed E-state index contributed by atoms with van der Waals surface area (Å²) in [5.41, 5.74) is 0.469. The molecule has 3 rings (SSSR count). The summed E-state index contributed by atoms with van der Waals surface area (Å²) in [5.74, 6) is 0.303. The Bertz CT molecular complexity index is 1140. The Kier molecular flexibility index (Phi) is 8.20. The average Bonchev–Trinajstić information content (AvgIpc) is 2.78. The van der Waals surface area contributed by atoms with Crippen LogP contribution in [0.4, 0.5) is 10.1 Å². The van der Waals surface area contributed by atoms with Gasteiger partial charge in [0.2, 0.25) is 15.9 Å². The van der Waals surface area contributed by atoms with Gasteiger partial charge in [0.15, 0.2) is 0 Å². The molecule has 168 valence electrons. The highest BCUT2D eigenvalue weighted by Crippen LogP contribution is 2.22. The van der Waals surface area contributed by atoms with Crippen LogP contribution < -0.4 is 14.8 Å². The number of amides is 1. The quantitative estimate of drug-likeness (QED) is 0.459. The summed E-state index contributed by atoms with van der Waals surface area (Å²) in [5, 5.41) is 2.70. The Labute approximate surface area is 190 Å². The number of pyridine rings is 1. The van der Waals surface area contributed by atoms with Crippen LogP contribution in [0, 0.1) is 5.82 Å². The van der Waals surface area contributed by atoms with Gasteiger partial charge in [-0.25, -0.2) is 12.8 Å². The molecule has 0 spiro atoms. The van der Waals surface area contributed by atoms with E-state index in [0.717, 1.165) is 12.1 Å². The van der Waals surface area contributed by atoms with E-state index < -0.39 is 32.7 Å². The number of sulfonamides is 1. The van der Waals surface area contributed by atoms with Crippen LogP contribution in [0.5, 0.6) is 11.5 Å². The molecule has 2 N–H and O–H groups in total. The fourth-order valence-electron chi connectivity index (χ4n) is 2.77. The van der Waals surface area contributed by atoms with Crippen molar-refractivity contribution in [2.75, 3.05) is 17.3 Å². The third-order valence-electron chi connectivity index (χ3n) is 4.36. The van der Waals surface area contributed by atoms with Crippen LogP contribution in [-0.2, 0) is 14.8 Å². The molecular weight excluding hydrogens is 453 g/mol. The fraction of sp³-hybridized carbons (Fsp3) is 0.182. The highest BCUT2D eigenvalue weighted by molar-refractivity contribution is 7.98. The first-order chi connectivity index (χ1) is 15.4. The van der Waals surface area contributed by atoms with Gasteiger partial charge in [-0.1, -0.05) is 12.1 Å². The predicted octanol–water partition coefficient (Wildman–Crippen LogP) is 4.05. The van der Waals surface area contributed by atoms with E-state index >= 15 is 0 Å². The van der Waals surface area contributed by atoms with Crippen LogP contribution in [0.2, 0.25) is 0 Å². The number of rotatable bonds is 10. The van der Waals surface area contributed by atoms with Crippen molar-refractivity contribution in [2.24, 2.45) is 0 Å². The summed E-state index contributed by atoms with van der Waals surface area (Å²) in [7, 11) is -4.22. The second-order valence-corrected chi connectivity index (χ2v) is 9.35. The standard InChI is InChI=1S/C22H22FN3O4S2/c1-31-15-12-20(26-32(28,29)21-5-3-2-4-19(21)23)22(27)25-16-6-8-17(9-7-16)30-18-10-13-24-14-11-18/h2-11,13-14,20,26H,12,15H2,1H3,(H,25,27). The van der Waals surface area contributed by atoms with E-state index in [9.17, 15) is 17.6 Å². The minimum atomic E-state index is -4.22. The summed E-state index contributed by atoms with van der Waals surface area (Å²) >= 11 is 1.47. The van der Waals surface area contributed by atoms with Crippen LogP contribution in [0.25, 0.3) is 0 Å². The van der Waals surface area contributed by atoms with E-state index in [1.54, 1.807) is 48.8 Å². The van der Waals surface area contributed by atoms with Crippen molar-refractivity contribution >= 4 is 33.4 Å². The van der Waals surface area contributed by atoms with Crippen molar-refractivity contribution in [3.63, 3.8) is 0 Å². The molecule has 0 radical (unpaired) electrons. The van der Waals surface area contributed by atoms with Crippen molar-refractivity contribution in [3.8, 4) is 11.5 Å². The average molecular weight is 476 g/mol. The SMILES string of the molecule is CSCCC(NS(=O)(=O)c1ccccc1F)C(=O)Nc1ccc(Oc2ccncc2)cc1. The maximum Gasteiger partial charge on any atom is 0.244 e. The molecule has 1 aromatic heterocycles. The molecule has 3 aromatic rings. The first kappa shape index (κ1) is 23.7. The second-order valence-electron chi connectivity index (χ2n) is 6.68. The molecular formula is C22H22FN3O4S2. The molecule has 0 aliphatic carbocycles. The number of nitrogens with one attached hydrogen (secondary N) is 2. The van der Waals surface area contributed by atoms with Gasteiger partial charge >= 0.3 is 0 Å². The van der Waals surface area contributed by atoms with E-state index in [-0.39, 0.29) is 6.42 Å². The van der Waals surface area contributed by atoms with Gasteiger partial charge in [-0.3, -0.25) is 9.78 Å². The normalized spacial score (nSPS) is 12.2. The number of aromatic nitrogens is 1. The molecule has 10 heteroatoms. The van der Waals surface area contributed by atoms with Crippen molar-refractivity contribution in [1.82, 2.24) is 9.71 Å². The highest BCUT2D eigenvalue weighted by Gasteiger charge is 2.27. The molecule has 7 nitrogen and oxygen atoms in total. The summed E-state index contributed by atoms with van der Waals surface area (Å²) in [6.45, 7) is 0. The highest BCUT2D eigenvalue weighted by atomic mass is 32.2. The smallest absolute Gasteiger partial charge is 0.244 e. The maximum absolute atomic E-state index is 14.0. The van der Waals surface area contributed by atoms with E-state index in [1.807, 2.05) is 6.26 Å². The predicted molar refractivity (Wildman–Crippen MR) is 123 cm³/mol. The number of thioether (sulfide) groups is 1. The number of carbonyl (C=O) groups is 1. The third kappa shape index (κ3) is 6.52. The van der Waals surface area contributed by atoms with E-state index in [4.69, 9.17) is 4.74 Å². The lowest BCUT2D eigenvalue weighted by Crippen LogP contribution is -2.44. The van der Waals surface area contributed by atoms with Crippen molar-refractivity contribution in [1.29, 1.82) is 0 Å². The molecule has 0 bridgehead atoms. The van der Waals surface area contributed by atoms with Crippen molar-refractivity contribution < 1.29 is 22.3 Å². The Morgan fingerprint density at radius 3 is 2.38 bits per heavy atom. The van der Waals surface area contributed by atoms with E-state index in [0.29, 0.717) is 22.9 Å². The van der Waals surface area contributed by atoms with E-state index in [1.165, 1.54) is 23.9 Å². The van der Waals surface area contributed by atoms with Gasteiger partial charge in [0.25, 0.3) is 0 Å². The minimum absolute atomic E-state index is 0.240. The Hall–Kier alpha value is -2.95. The minimum Gasteiger partial charge on any atom is -0.457 e. The second kappa shape index (κ2) is 11.1. The summed E-state index contributed by atoms with van der Waals surface area (Å²) in [4.78, 5) is 16.2. The van der Waals surface area contributed by atoms with Gasteiger partial charge in [0, 0.05) is 18.1 Å². The number of hydrogen-bond acceptors (Lipinski definition) is 6. The molecule has 1 amide bonds. The van der Waals surface area contributed by atoms with Crippen LogP contribution in [-0.4, -0.2) is 37.4 Å². The molecule has 0 aliphatic heterocycles. The Morgan fingerprint density at radius 2 is 1.72 bits per heavy atom. The van der Waals surface area contributed by atoms with Gasteiger partial charge in [0.1, 0.15) is 28.3 Å². The lowest BCUT2D eigenvalue weighted by atomic mass is 10.2. The number of halogens is 1. The van der Waals surface area contributed by atoms with Gasteiger partial charge in [-0.05, 0) is 67.0 Å². The molecule has 2 aromatic carbocycles. The summed E-state index contributed by atoms with van der Waals surface area (Å²) < 4.78 is 47.3. The number of benzene rings is 2. The zero-order chi connectivity index (χ0) is 23.0. The molecule has 1 heterocycles. The van der Waals surface area contributed by atoms with Crippen LogP contribution in [0.15, 0.2) is 78.0 Å². The van der Waals surface area contributed by atoms with Crippen LogP contribution in [0.1, 0.15) is 6.42 Å². The Morgan fingerprint density at radius 1 is 1.06 bits per heavy atom. The van der Waals surface area contributed by atoms with Gasteiger partial charge in [0.05, 0.1) is 0 Å². The third-order valence-corrected chi connectivity index (χ3v) is 6.51. The van der Waals surface area contributed by atoms with Gasteiger partial charge in [-0.2, -0.15) is 16.5 Å². The molecule has 0 fully saturated rings. The van der Waals surface area contributed by atoms with Crippen LogP contribution in [0.3, 0.4) is 0 Å². The summed E-state index contributed by atoms with van der Waals surface area (Å²) in [6.07, 6.45) is 5.31. The topological polar surface area (TPSA) is 97.4 Å². The number of ether oxygens (including phenoxy) is 1. The van der Waals surface area contributed by atoms with Crippen LogP contribution >= 0.6 is 11.8 Å². The molecule has 0 saturated carbocycles. The first-order valence-electron chi connectivity index (χ1n) is 9.63. The van der Waals surface area contributed by atoms with E-state index in [2.05, 4.69) is 15.0 Å². The zero-order valence-electron chi connectivity index (χ0n) is 17.2. The zero-order valence-corrected chi connectivity index (χ0v) is 18.8. The number of anilines is 1. The Balaban J connectivity index is 1.70. The molecule has 1 unspecified atom stereocenters. The van der Waals surface area contributed by atoms with Gasteiger partial charge in [-0.15, -0.1) is 0 Å².